The maximum atomic E-state index is 13.0. The summed E-state index contributed by atoms with van der Waals surface area (Å²) in [6.07, 6.45) is 3.63. The van der Waals surface area contributed by atoms with Crippen molar-refractivity contribution in [3.63, 3.8) is 0 Å². The van der Waals surface area contributed by atoms with Crippen LogP contribution in [0.4, 0.5) is 0 Å². The fraction of sp³-hybridized carbons (Fsp3) is 0.435. The summed E-state index contributed by atoms with van der Waals surface area (Å²) in [7, 11) is 0. The second-order valence-corrected chi connectivity index (χ2v) is 7.65. The van der Waals surface area contributed by atoms with Crippen LogP contribution in [0.25, 0.3) is 0 Å². The highest BCUT2D eigenvalue weighted by Crippen LogP contribution is 2.46. The van der Waals surface area contributed by atoms with E-state index in [-0.39, 0.29) is 18.1 Å². The number of hydrogen-bond donors (Lipinski definition) is 0. The zero-order valence-corrected chi connectivity index (χ0v) is 15.4. The maximum Gasteiger partial charge on any atom is 0.324 e. The van der Waals surface area contributed by atoms with Gasteiger partial charge in [-0.25, -0.2) is 0 Å². The number of esters is 1. The number of benzene rings is 2. The molecule has 3 heteroatoms. The van der Waals surface area contributed by atoms with Crippen molar-refractivity contribution in [3.8, 4) is 0 Å². The summed E-state index contributed by atoms with van der Waals surface area (Å²) in [4.78, 5) is 15.4. The molecule has 3 atom stereocenters. The van der Waals surface area contributed by atoms with Gasteiger partial charge >= 0.3 is 5.97 Å². The first-order chi connectivity index (χ1) is 12.7. The molecule has 2 aromatic rings. The van der Waals surface area contributed by atoms with Crippen molar-refractivity contribution in [2.24, 2.45) is 11.8 Å². The molecule has 1 saturated carbocycles. The Morgan fingerprint density at radius 2 is 1.69 bits per heavy atom. The molecule has 2 fully saturated rings. The van der Waals surface area contributed by atoms with E-state index in [2.05, 4.69) is 36.1 Å². The van der Waals surface area contributed by atoms with Gasteiger partial charge in [0.25, 0.3) is 0 Å². The number of carbonyl (C=O) groups is 1. The Kier molecular flexibility index (Phi) is 5.07. The molecule has 0 N–H and O–H groups in total. The van der Waals surface area contributed by atoms with Gasteiger partial charge in [-0.05, 0) is 55.7 Å². The first kappa shape index (κ1) is 17.3. The topological polar surface area (TPSA) is 29.5 Å². The lowest BCUT2D eigenvalue weighted by Gasteiger charge is -2.32. The van der Waals surface area contributed by atoms with Gasteiger partial charge in [-0.15, -0.1) is 0 Å². The van der Waals surface area contributed by atoms with Crippen LogP contribution in [0, 0.1) is 11.8 Å². The SMILES string of the molecule is C[C@@H](c1ccccc1)N1CCC(C2CC2)C1C(=O)OCc1ccccc1. The van der Waals surface area contributed by atoms with Gasteiger partial charge in [-0.1, -0.05) is 60.7 Å². The molecular formula is C23H27NO2. The van der Waals surface area contributed by atoms with Gasteiger partial charge in [0, 0.05) is 6.04 Å². The van der Waals surface area contributed by atoms with Gasteiger partial charge in [0.15, 0.2) is 0 Å². The number of rotatable bonds is 6. The minimum atomic E-state index is -0.110. The quantitative estimate of drug-likeness (QED) is 0.714. The summed E-state index contributed by atoms with van der Waals surface area (Å²) in [5.41, 5.74) is 2.31. The molecule has 0 spiro atoms. The van der Waals surface area contributed by atoms with Gasteiger partial charge in [-0.3, -0.25) is 9.69 Å². The molecule has 1 heterocycles. The van der Waals surface area contributed by atoms with Crippen LogP contribution in [0.3, 0.4) is 0 Å². The van der Waals surface area contributed by atoms with E-state index in [4.69, 9.17) is 4.74 Å². The highest BCUT2D eigenvalue weighted by atomic mass is 16.5. The van der Waals surface area contributed by atoms with E-state index >= 15 is 0 Å². The van der Waals surface area contributed by atoms with Gasteiger partial charge in [0.05, 0.1) is 0 Å². The second kappa shape index (κ2) is 7.63. The predicted octanol–water partition coefficient (Wildman–Crippen LogP) is 4.59. The highest BCUT2D eigenvalue weighted by molar-refractivity contribution is 5.77. The molecule has 1 aliphatic carbocycles. The molecule has 2 unspecified atom stereocenters. The predicted molar refractivity (Wildman–Crippen MR) is 102 cm³/mol. The third-order valence-corrected chi connectivity index (χ3v) is 5.96. The zero-order valence-electron chi connectivity index (χ0n) is 15.4. The van der Waals surface area contributed by atoms with Crippen LogP contribution in [-0.4, -0.2) is 23.5 Å². The first-order valence-corrected chi connectivity index (χ1v) is 9.75. The number of carbonyl (C=O) groups excluding carboxylic acids is 1. The molecule has 0 aromatic heterocycles. The maximum absolute atomic E-state index is 13.0. The average molecular weight is 349 g/mol. The molecule has 2 aromatic carbocycles. The lowest BCUT2D eigenvalue weighted by atomic mass is 9.94. The van der Waals surface area contributed by atoms with Crippen molar-refractivity contribution in [1.29, 1.82) is 0 Å². The molecule has 2 aliphatic rings. The number of hydrogen-bond acceptors (Lipinski definition) is 3. The number of ether oxygens (including phenoxy) is 1. The van der Waals surface area contributed by atoms with Crippen molar-refractivity contribution in [1.82, 2.24) is 4.90 Å². The Bertz CT molecular complexity index is 726. The van der Waals surface area contributed by atoms with Crippen LogP contribution in [-0.2, 0) is 16.1 Å². The normalized spacial score (nSPS) is 24.3. The molecule has 1 aliphatic heterocycles. The first-order valence-electron chi connectivity index (χ1n) is 9.75. The highest BCUT2D eigenvalue weighted by Gasteiger charge is 2.48. The molecule has 0 bridgehead atoms. The second-order valence-electron chi connectivity index (χ2n) is 7.65. The molecule has 0 radical (unpaired) electrons. The van der Waals surface area contributed by atoms with Gasteiger partial charge in [-0.2, -0.15) is 0 Å². The number of nitrogens with zero attached hydrogens (tertiary/aromatic N) is 1. The summed E-state index contributed by atoms with van der Waals surface area (Å²) >= 11 is 0. The minimum absolute atomic E-state index is 0.0500. The molecule has 3 nitrogen and oxygen atoms in total. The third-order valence-electron chi connectivity index (χ3n) is 5.96. The Morgan fingerprint density at radius 3 is 2.35 bits per heavy atom. The van der Waals surface area contributed by atoms with E-state index < -0.39 is 0 Å². The summed E-state index contributed by atoms with van der Waals surface area (Å²) < 4.78 is 5.76. The Morgan fingerprint density at radius 1 is 1.04 bits per heavy atom. The van der Waals surface area contributed by atoms with Crippen molar-refractivity contribution in [2.45, 2.75) is 44.9 Å². The summed E-state index contributed by atoms with van der Waals surface area (Å²) in [6.45, 7) is 3.55. The summed E-state index contributed by atoms with van der Waals surface area (Å²) in [6, 6.07) is 20.6. The van der Waals surface area contributed by atoms with Crippen LogP contribution in [0.5, 0.6) is 0 Å². The van der Waals surface area contributed by atoms with Crippen LogP contribution in [0.1, 0.15) is 43.4 Å². The molecule has 136 valence electrons. The van der Waals surface area contributed by atoms with Crippen LogP contribution in [0.2, 0.25) is 0 Å². The molecule has 4 rings (SSSR count). The molecular weight excluding hydrogens is 322 g/mol. The summed E-state index contributed by atoms with van der Waals surface area (Å²) in [5.74, 6) is 1.10. The smallest absolute Gasteiger partial charge is 0.324 e. The zero-order chi connectivity index (χ0) is 17.9. The lowest BCUT2D eigenvalue weighted by Crippen LogP contribution is -2.42. The lowest BCUT2D eigenvalue weighted by molar-refractivity contribution is -0.152. The summed E-state index contributed by atoms with van der Waals surface area (Å²) in [5, 5.41) is 0. The Hall–Kier alpha value is -2.13. The largest absolute Gasteiger partial charge is 0.460 e. The van der Waals surface area contributed by atoms with Crippen molar-refractivity contribution >= 4 is 5.97 Å². The van der Waals surface area contributed by atoms with Crippen LogP contribution < -0.4 is 0 Å². The van der Waals surface area contributed by atoms with Gasteiger partial charge in [0.1, 0.15) is 12.6 Å². The average Bonchev–Trinajstić information content (AvgIpc) is 3.45. The van der Waals surface area contributed by atoms with E-state index in [0.29, 0.717) is 18.4 Å². The molecule has 1 saturated heterocycles. The van der Waals surface area contributed by atoms with Crippen LogP contribution in [0.15, 0.2) is 60.7 Å². The number of likely N-dealkylation sites (tertiary alicyclic amines) is 1. The Balaban J connectivity index is 1.49. The van der Waals surface area contributed by atoms with Gasteiger partial charge in [0.2, 0.25) is 0 Å². The van der Waals surface area contributed by atoms with E-state index in [1.54, 1.807) is 0 Å². The molecule has 26 heavy (non-hydrogen) atoms. The van der Waals surface area contributed by atoms with Crippen LogP contribution >= 0.6 is 0 Å². The Labute approximate surface area is 156 Å². The third kappa shape index (κ3) is 3.68. The van der Waals surface area contributed by atoms with E-state index in [1.807, 2.05) is 36.4 Å². The fourth-order valence-electron chi connectivity index (χ4n) is 4.34. The monoisotopic (exact) mass is 349 g/mol. The van der Waals surface area contributed by atoms with Gasteiger partial charge < -0.3 is 4.74 Å². The minimum Gasteiger partial charge on any atom is -0.460 e. The standard InChI is InChI=1S/C23H27NO2/c1-17(19-10-6-3-7-11-19)24-15-14-21(20-12-13-20)22(24)23(25)26-16-18-8-4-2-5-9-18/h2-11,17,20-22H,12-16H2,1H3/t17-,21?,22?/m0/s1. The molecule has 0 amide bonds. The van der Waals surface area contributed by atoms with E-state index in [1.165, 1.54) is 18.4 Å². The van der Waals surface area contributed by atoms with Crippen molar-refractivity contribution in [2.75, 3.05) is 6.54 Å². The van der Waals surface area contributed by atoms with Crippen molar-refractivity contribution in [3.05, 3.63) is 71.8 Å². The van der Waals surface area contributed by atoms with E-state index in [0.717, 1.165) is 18.5 Å². The van der Waals surface area contributed by atoms with Crippen molar-refractivity contribution < 1.29 is 9.53 Å². The fourth-order valence-corrected chi connectivity index (χ4v) is 4.34. The van der Waals surface area contributed by atoms with E-state index in [9.17, 15) is 4.79 Å².